The minimum Gasteiger partial charge on any atom is -0.358 e. The zero-order chi connectivity index (χ0) is 22.2. The van der Waals surface area contributed by atoms with Crippen LogP contribution in [0.3, 0.4) is 0 Å². The van der Waals surface area contributed by atoms with Crippen LogP contribution in [0.2, 0.25) is 0 Å². The second-order valence-electron chi connectivity index (χ2n) is 7.39. The Morgan fingerprint density at radius 1 is 0.935 bits per heavy atom. The standard InChI is InChI=1S/C24H23N3O3S/c1-16-17(2)25-23-21(16)13-8-14-22(23)24(28)26-18-9-7-12-20(15-18)31(29,30)27(3)19-10-5-4-6-11-19/h4-15,25H,1-3H3,(H,26,28). The zero-order valence-corrected chi connectivity index (χ0v) is 18.3. The van der Waals surface area contributed by atoms with Gasteiger partial charge >= 0.3 is 0 Å². The number of aromatic amines is 1. The monoisotopic (exact) mass is 433 g/mol. The minimum absolute atomic E-state index is 0.0985. The van der Waals surface area contributed by atoms with E-state index in [1.165, 1.54) is 23.5 Å². The fourth-order valence-electron chi connectivity index (χ4n) is 3.54. The highest BCUT2D eigenvalue weighted by Crippen LogP contribution is 2.26. The van der Waals surface area contributed by atoms with Crippen molar-refractivity contribution in [3.8, 4) is 0 Å². The number of rotatable bonds is 5. The fraction of sp³-hybridized carbons (Fsp3) is 0.125. The van der Waals surface area contributed by atoms with Crippen LogP contribution in [0, 0.1) is 13.8 Å². The second-order valence-corrected chi connectivity index (χ2v) is 9.36. The van der Waals surface area contributed by atoms with Crippen LogP contribution in [0.15, 0.2) is 77.7 Å². The number of carbonyl (C=O) groups excluding carboxylic acids is 1. The molecule has 0 saturated heterocycles. The van der Waals surface area contributed by atoms with Gasteiger partial charge in [0.15, 0.2) is 0 Å². The number of hydrogen-bond donors (Lipinski definition) is 2. The van der Waals surface area contributed by atoms with Crippen molar-refractivity contribution in [2.45, 2.75) is 18.7 Å². The number of nitrogens with one attached hydrogen (secondary N) is 2. The molecule has 0 fully saturated rings. The van der Waals surface area contributed by atoms with E-state index in [-0.39, 0.29) is 10.8 Å². The number of sulfonamides is 1. The van der Waals surface area contributed by atoms with Crippen LogP contribution in [0.4, 0.5) is 11.4 Å². The molecule has 1 amide bonds. The normalized spacial score (nSPS) is 11.5. The van der Waals surface area contributed by atoms with E-state index in [2.05, 4.69) is 10.3 Å². The highest BCUT2D eigenvalue weighted by atomic mass is 32.2. The highest BCUT2D eigenvalue weighted by molar-refractivity contribution is 7.92. The SMILES string of the molecule is Cc1[nH]c2c(C(=O)Nc3cccc(S(=O)(=O)N(C)c4ccccc4)c3)cccc2c1C. The lowest BCUT2D eigenvalue weighted by Gasteiger charge is -2.20. The fourth-order valence-corrected chi connectivity index (χ4v) is 4.78. The maximum atomic E-state index is 13.1. The first-order chi connectivity index (χ1) is 14.8. The summed E-state index contributed by atoms with van der Waals surface area (Å²) in [5.41, 5.74) is 4.34. The Hall–Kier alpha value is -3.58. The number of H-pyrrole nitrogens is 1. The molecule has 1 heterocycles. The Labute approximate surface area is 181 Å². The molecule has 3 aromatic carbocycles. The first-order valence-electron chi connectivity index (χ1n) is 9.82. The molecule has 0 unspecified atom stereocenters. The lowest BCUT2D eigenvalue weighted by atomic mass is 10.1. The molecule has 0 bridgehead atoms. The zero-order valence-electron chi connectivity index (χ0n) is 17.5. The summed E-state index contributed by atoms with van der Waals surface area (Å²) < 4.78 is 27.3. The maximum Gasteiger partial charge on any atom is 0.264 e. The Morgan fingerprint density at radius 3 is 2.39 bits per heavy atom. The third-order valence-corrected chi connectivity index (χ3v) is 7.24. The van der Waals surface area contributed by atoms with Gasteiger partial charge in [0.05, 0.1) is 21.7 Å². The number of fused-ring (bicyclic) bond motifs is 1. The van der Waals surface area contributed by atoms with Crippen LogP contribution in [-0.2, 0) is 10.0 Å². The van der Waals surface area contributed by atoms with Gasteiger partial charge in [0.25, 0.3) is 15.9 Å². The van der Waals surface area contributed by atoms with Crippen molar-refractivity contribution in [1.82, 2.24) is 4.98 Å². The Bertz CT molecular complexity index is 1380. The summed E-state index contributed by atoms with van der Waals surface area (Å²) >= 11 is 0. The number of aromatic nitrogens is 1. The average Bonchev–Trinajstić information content (AvgIpc) is 3.07. The van der Waals surface area contributed by atoms with Crippen molar-refractivity contribution in [1.29, 1.82) is 0 Å². The third kappa shape index (κ3) is 3.80. The van der Waals surface area contributed by atoms with Crippen molar-refractivity contribution in [3.05, 3.63) is 89.6 Å². The van der Waals surface area contributed by atoms with E-state index in [1.807, 2.05) is 32.0 Å². The number of hydrogen-bond acceptors (Lipinski definition) is 3. The van der Waals surface area contributed by atoms with E-state index in [9.17, 15) is 13.2 Å². The predicted molar refractivity (Wildman–Crippen MR) is 124 cm³/mol. The lowest BCUT2D eigenvalue weighted by Crippen LogP contribution is -2.26. The number of benzene rings is 3. The largest absolute Gasteiger partial charge is 0.358 e. The van der Waals surface area contributed by atoms with E-state index < -0.39 is 10.0 Å². The van der Waals surface area contributed by atoms with E-state index in [1.54, 1.807) is 42.5 Å². The van der Waals surface area contributed by atoms with Gasteiger partial charge in [0.2, 0.25) is 0 Å². The van der Waals surface area contributed by atoms with E-state index in [0.29, 0.717) is 16.9 Å². The summed E-state index contributed by atoms with van der Waals surface area (Å²) in [5, 5.41) is 3.82. The van der Waals surface area contributed by atoms with Gasteiger partial charge in [-0.1, -0.05) is 36.4 Å². The van der Waals surface area contributed by atoms with E-state index >= 15 is 0 Å². The molecule has 31 heavy (non-hydrogen) atoms. The number of amides is 1. The van der Waals surface area contributed by atoms with Crippen LogP contribution in [-0.4, -0.2) is 26.4 Å². The smallest absolute Gasteiger partial charge is 0.264 e. The summed E-state index contributed by atoms with van der Waals surface area (Å²) in [7, 11) is -2.27. The van der Waals surface area contributed by atoms with Crippen LogP contribution < -0.4 is 9.62 Å². The van der Waals surface area contributed by atoms with Crippen molar-refractivity contribution >= 4 is 38.2 Å². The number of para-hydroxylation sites is 2. The van der Waals surface area contributed by atoms with Gasteiger partial charge in [-0.2, -0.15) is 0 Å². The first kappa shape index (κ1) is 20.7. The molecular weight excluding hydrogens is 410 g/mol. The first-order valence-corrected chi connectivity index (χ1v) is 11.3. The third-order valence-electron chi connectivity index (χ3n) is 5.46. The van der Waals surface area contributed by atoms with Gasteiger partial charge in [-0.15, -0.1) is 0 Å². The Kier molecular flexibility index (Phi) is 5.29. The molecule has 158 valence electrons. The number of anilines is 2. The van der Waals surface area contributed by atoms with Crippen LogP contribution in [0.5, 0.6) is 0 Å². The summed E-state index contributed by atoms with van der Waals surface area (Å²) in [6, 6.07) is 20.7. The lowest BCUT2D eigenvalue weighted by molar-refractivity contribution is 0.102. The molecular formula is C24H23N3O3S. The number of nitrogens with zero attached hydrogens (tertiary/aromatic N) is 1. The number of carbonyl (C=O) groups is 1. The van der Waals surface area contributed by atoms with Gasteiger partial charge in [0.1, 0.15) is 0 Å². The molecule has 0 aliphatic rings. The molecule has 0 aliphatic heterocycles. The van der Waals surface area contributed by atoms with Crippen LogP contribution in [0.1, 0.15) is 21.6 Å². The second kappa shape index (κ2) is 7.92. The van der Waals surface area contributed by atoms with E-state index in [0.717, 1.165) is 22.2 Å². The van der Waals surface area contributed by atoms with Gasteiger partial charge in [-0.3, -0.25) is 9.10 Å². The summed E-state index contributed by atoms with van der Waals surface area (Å²) in [6.07, 6.45) is 0. The molecule has 0 radical (unpaired) electrons. The molecule has 4 rings (SSSR count). The molecule has 0 atom stereocenters. The quantitative estimate of drug-likeness (QED) is 0.471. The summed E-state index contributed by atoms with van der Waals surface area (Å²) in [4.78, 5) is 16.3. The molecule has 7 heteroatoms. The Morgan fingerprint density at radius 2 is 1.65 bits per heavy atom. The van der Waals surface area contributed by atoms with Gasteiger partial charge in [-0.25, -0.2) is 8.42 Å². The van der Waals surface area contributed by atoms with Crippen molar-refractivity contribution in [2.75, 3.05) is 16.7 Å². The van der Waals surface area contributed by atoms with Crippen LogP contribution in [0.25, 0.3) is 10.9 Å². The van der Waals surface area contributed by atoms with Gasteiger partial charge in [-0.05, 0) is 55.8 Å². The molecule has 0 saturated carbocycles. The topological polar surface area (TPSA) is 82.3 Å². The highest BCUT2D eigenvalue weighted by Gasteiger charge is 2.22. The number of aryl methyl sites for hydroxylation is 2. The van der Waals surface area contributed by atoms with Crippen molar-refractivity contribution < 1.29 is 13.2 Å². The van der Waals surface area contributed by atoms with Crippen LogP contribution >= 0.6 is 0 Å². The minimum atomic E-state index is -3.78. The molecule has 2 N–H and O–H groups in total. The molecule has 6 nitrogen and oxygen atoms in total. The molecule has 4 aromatic rings. The Balaban J connectivity index is 1.64. The molecule has 1 aromatic heterocycles. The van der Waals surface area contributed by atoms with Gasteiger partial charge < -0.3 is 10.3 Å². The van der Waals surface area contributed by atoms with Gasteiger partial charge in [0, 0.05) is 23.8 Å². The van der Waals surface area contributed by atoms with Crippen molar-refractivity contribution in [3.63, 3.8) is 0 Å². The average molecular weight is 434 g/mol. The summed E-state index contributed by atoms with van der Waals surface area (Å²) in [5.74, 6) is -0.308. The molecule has 0 spiro atoms. The van der Waals surface area contributed by atoms with Crippen molar-refractivity contribution in [2.24, 2.45) is 0 Å². The summed E-state index contributed by atoms with van der Waals surface area (Å²) in [6.45, 7) is 3.97. The van der Waals surface area contributed by atoms with E-state index in [4.69, 9.17) is 0 Å². The maximum absolute atomic E-state index is 13.1. The molecule has 0 aliphatic carbocycles. The predicted octanol–water partition coefficient (Wildman–Crippen LogP) is 4.86.